The lowest BCUT2D eigenvalue weighted by Crippen LogP contribution is -2.51. The highest BCUT2D eigenvalue weighted by Gasteiger charge is 2.34. The van der Waals surface area contributed by atoms with Crippen molar-refractivity contribution in [3.8, 4) is 11.3 Å². The average molecular weight is 624 g/mol. The zero-order chi connectivity index (χ0) is 31.5. The lowest BCUT2D eigenvalue weighted by Gasteiger charge is -2.26. The van der Waals surface area contributed by atoms with Gasteiger partial charge >= 0.3 is 12.3 Å². The van der Waals surface area contributed by atoms with E-state index >= 15 is 0 Å². The summed E-state index contributed by atoms with van der Waals surface area (Å²) in [6.07, 6.45) is -3.67. The molecule has 0 spiro atoms. The van der Waals surface area contributed by atoms with Crippen LogP contribution >= 0.6 is 0 Å². The summed E-state index contributed by atoms with van der Waals surface area (Å²) in [7, 11) is -2.29. The fourth-order valence-electron chi connectivity index (χ4n) is 4.59. The van der Waals surface area contributed by atoms with Crippen LogP contribution in [0.3, 0.4) is 0 Å². The molecule has 1 fully saturated rings. The Morgan fingerprint density at radius 1 is 1.14 bits per heavy atom. The van der Waals surface area contributed by atoms with Crippen LogP contribution in [-0.4, -0.2) is 91.5 Å². The summed E-state index contributed by atoms with van der Waals surface area (Å²) in [5.41, 5.74) is 1.08. The summed E-state index contributed by atoms with van der Waals surface area (Å²) in [5, 5.41) is 7.95. The minimum Gasteiger partial charge on any atom is -0.453 e. The molecule has 232 valence electrons. The predicted molar refractivity (Wildman–Crippen MR) is 153 cm³/mol. The van der Waals surface area contributed by atoms with Gasteiger partial charge in [0.25, 0.3) is 0 Å². The molecule has 2 aromatic heterocycles. The fraction of sp³-hybridized carbons (Fsp3) is 0.444. The molecule has 2 atom stereocenters. The van der Waals surface area contributed by atoms with Crippen LogP contribution in [0.4, 0.5) is 29.7 Å². The molecule has 2 amide bonds. The highest BCUT2D eigenvalue weighted by molar-refractivity contribution is 7.90. The minimum absolute atomic E-state index is 0.0400. The summed E-state index contributed by atoms with van der Waals surface area (Å²) in [6.45, 7) is 2.86. The van der Waals surface area contributed by atoms with E-state index in [-0.39, 0.29) is 52.1 Å². The standard InChI is InChI=1S/C27H32F3N7O5S/c1-15(2)21(35-26(39)42-3)24(38)37-11-10-17(13-37)32-25-34-20-9-8-19(16-6-5-7-18(12-16)43(4,40)41)33-22(20)23(36-25)31-14-27(28,29)30/h5-9,12,15,17,21H,10-11,13-14H2,1-4H3,(H,35,39)(H2,31,32,34,36). The molecule has 2 unspecified atom stereocenters. The number of methoxy groups -OCH3 is 1. The first-order valence-corrected chi connectivity index (χ1v) is 15.2. The van der Waals surface area contributed by atoms with Crippen molar-refractivity contribution in [1.82, 2.24) is 25.2 Å². The van der Waals surface area contributed by atoms with Gasteiger partial charge in [0.15, 0.2) is 15.7 Å². The second-order valence-corrected chi connectivity index (χ2v) is 12.5. The summed E-state index contributed by atoms with van der Waals surface area (Å²) in [5.74, 6) is -0.610. The number of pyridine rings is 1. The van der Waals surface area contributed by atoms with Crippen LogP contribution in [0.2, 0.25) is 0 Å². The van der Waals surface area contributed by atoms with Gasteiger partial charge in [-0.15, -0.1) is 0 Å². The smallest absolute Gasteiger partial charge is 0.407 e. The molecule has 1 saturated heterocycles. The number of anilines is 2. The lowest BCUT2D eigenvalue weighted by molar-refractivity contribution is -0.133. The number of hydrogen-bond acceptors (Lipinski definition) is 10. The van der Waals surface area contributed by atoms with E-state index in [4.69, 9.17) is 0 Å². The fourth-order valence-corrected chi connectivity index (χ4v) is 5.26. The van der Waals surface area contributed by atoms with Crippen LogP contribution in [0.15, 0.2) is 41.3 Å². The summed E-state index contributed by atoms with van der Waals surface area (Å²) >= 11 is 0. The monoisotopic (exact) mass is 623 g/mol. The Morgan fingerprint density at radius 3 is 2.53 bits per heavy atom. The third-order valence-electron chi connectivity index (χ3n) is 6.78. The Kier molecular flexibility index (Phi) is 9.27. The molecule has 4 rings (SSSR count). The third-order valence-corrected chi connectivity index (χ3v) is 7.89. The van der Waals surface area contributed by atoms with E-state index in [1.165, 1.54) is 19.2 Å². The van der Waals surface area contributed by atoms with Crippen molar-refractivity contribution in [3.05, 3.63) is 36.4 Å². The zero-order valence-electron chi connectivity index (χ0n) is 23.9. The Morgan fingerprint density at radius 2 is 1.88 bits per heavy atom. The largest absolute Gasteiger partial charge is 0.453 e. The Labute approximate surface area is 246 Å². The molecule has 43 heavy (non-hydrogen) atoms. The Balaban J connectivity index is 1.60. The van der Waals surface area contributed by atoms with Gasteiger partial charge in [-0.1, -0.05) is 26.0 Å². The van der Waals surface area contributed by atoms with Gasteiger partial charge in [-0.2, -0.15) is 18.2 Å². The van der Waals surface area contributed by atoms with E-state index in [0.717, 1.165) is 6.26 Å². The van der Waals surface area contributed by atoms with E-state index in [0.29, 0.717) is 24.2 Å². The zero-order valence-corrected chi connectivity index (χ0v) is 24.7. The van der Waals surface area contributed by atoms with Gasteiger partial charge in [0.1, 0.15) is 18.1 Å². The van der Waals surface area contributed by atoms with Crippen molar-refractivity contribution >= 4 is 44.6 Å². The van der Waals surface area contributed by atoms with Gasteiger partial charge in [0.2, 0.25) is 11.9 Å². The van der Waals surface area contributed by atoms with Crippen LogP contribution in [0.1, 0.15) is 20.3 Å². The number of halogens is 3. The number of aromatic nitrogens is 3. The van der Waals surface area contributed by atoms with Crippen LogP contribution in [-0.2, 0) is 19.4 Å². The number of alkyl carbamates (subject to hydrolysis) is 1. The van der Waals surface area contributed by atoms with Crippen LogP contribution in [0.5, 0.6) is 0 Å². The van der Waals surface area contributed by atoms with Crippen LogP contribution in [0.25, 0.3) is 22.3 Å². The molecule has 12 nitrogen and oxygen atoms in total. The SMILES string of the molecule is COC(=O)NC(C(=O)N1CCC(Nc2nc(NCC(F)(F)F)c3nc(-c4cccc(S(C)(=O)=O)c4)ccc3n2)C1)C(C)C. The molecule has 0 radical (unpaired) electrons. The number of fused-ring (bicyclic) bond motifs is 1. The number of nitrogens with one attached hydrogen (secondary N) is 3. The molecular weight excluding hydrogens is 591 g/mol. The molecule has 1 aliphatic rings. The number of nitrogens with zero attached hydrogens (tertiary/aromatic N) is 4. The normalized spacial score (nSPS) is 16.3. The Bertz CT molecular complexity index is 1620. The maximum Gasteiger partial charge on any atom is 0.407 e. The number of ether oxygens (including phenoxy) is 1. The number of likely N-dealkylation sites (tertiary alicyclic amines) is 1. The highest BCUT2D eigenvalue weighted by atomic mass is 32.2. The summed E-state index contributed by atoms with van der Waals surface area (Å²) in [6, 6.07) is 8.10. The quantitative estimate of drug-likeness (QED) is 0.323. The number of amides is 2. The highest BCUT2D eigenvalue weighted by Crippen LogP contribution is 2.28. The molecule has 3 aromatic rings. The van der Waals surface area contributed by atoms with Gasteiger partial charge in [0.05, 0.1) is 23.2 Å². The van der Waals surface area contributed by atoms with Gasteiger partial charge in [0, 0.05) is 31.0 Å². The first-order chi connectivity index (χ1) is 20.1. The van der Waals surface area contributed by atoms with Gasteiger partial charge in [-0.25, -0.2) is 23.2 Å². The summed E-state index contributed by atoms with van der Waals surface area (Å²) in [4.78, 5) is 39.7. The number of hydrogen-bond donors (Lipinski definition) is 3. The van der Waals surface area contributed by atoms with E-state index in [1.54, 1.807) is 43.0 Å². The maximum atomic E-state index is 13.1. The van der Waals surface area contributed by atoms with Crippen LogP contribution in [0, 0.1) is 5.92 Å². The predicted octanol–water partition coefficient (Wildman–Crippen LogP) is 3.46. The van der Waals surface area contributed by atoms with Gasteiger partial charge in [-0.3, -0.25) is 4.79 Å². The minimum atomic E-state index is -4.54. The molecule has 0 bridgehead atoms. The molecule has 3 heterocycles. The number of rotatable bonds is 9. The number of sulfone groups is 1. The molecule has 1 aliphatic heterocycles. The van der Waals surface area contributed by atoms with E-state index in [9.17, 15) is 31.2 Å². The average Bonchev–Trinajstić information content (AvgIpc) is 3.41. The molecule has 1 aromatic carbocycles. The van der Waals surface area contributed by atoms with E-state index in [1.807, 2.05) is 0 Å². The summed E-state index contributed by atoms with van der Waals surface area (Å²) < 4.78 is 68.1. The number of benzene rings is 1. The molecule has 0 saturated carbocycles. The topological polar surface area (TPSA) is 156 Å². The first kappa shape index (κ1) is 31.7. The molecular formula is C27H32F3N7O5S. The van der Waals surface area contributed by atoms with Crippen molar-refractivity contribution < 1.29 is 35.9 Å². The first-order valence-electron chi connectivity index (χ1n) is 13.3. The second kappa shape index (κ2) is 12.6. The van der Waals surface area contributed by atoms with E-state index < -0.39 is 34.7 Å². The van der Waals surface area contributed by atoms with Crippen molar-refractivity contribution in [1.29, 1.82) is 0 Å². The number of carbonyl (C=O) groups is 2. The molecule has 16 heteroatoms. The number of alkyl halides is 3. The van der Waals surface area contributed by atoms with E-state index in [2.05, 4.69) is 35.6 Å². The van der Waals surface area contributed by atoms with Crippen molar-refractivity contribution in [3.63, 3.8) is 0 Å². The van der Waals surface area contributed by atoms with Gasteiger partial charge in [-0.05, 0) is 36.6 Å². The molecule has 0 aliphatic carbocycles. The van der Waals surface area contributed by atoms with Crippen molar-refractivity contribution in [2.24, 2.45) is 5.92 Å². The Hall–Kier alpha value is -4.21. The molecule has 3 N–H and O–H groups in total. The number of carbonyl (C=O) groups excluding carboxylic acids is 2. The van der Waals surface area contributed by atoms with Crippen molar-refractivity contribution in [2.75, 3.05) is 43.6 Å². The third kappa shape index (κ3) is 8.00. The lowest BCUT2D eigenvalue weighted by atomic mass is 10.0. The van der Waals surface area contributed by atoms with Gasteiger partial charge < -0.3 is 25.6 Å². The van der Waals surface area contributed by atoms with Crippen LogP contribution < -0.4 is 16.0 Å². The second-order valence-electron chi connectivity index (χ2n) is 10.5. The van der Waals surface area contributed by atoms with Crippen molar-refractivity contribution in [2.45, 2.75) is 43.4 Å². The maximum absolute atomic E-state index is 13.1.